The summed E-state index contributed by atoms with van der Waals surface area (Å²) < 4.78 is 37.8. The highest BCUT2D eigenvalue weighted by molar-refractivity contribution is 5.84. The van der Waals surface area contributed by atoms with Crippen molar-refractivity contribution in [3.8, 4) is 0 Å². The lowest BCUT2D eigenvalue weighted by atomic mass is 10.2. The molecular formula is C11H5F3N4O2. The van der Waals surface area contributed by atoms with Crippen molar-refractivity contribution in [1.82, 2.24) is 19.9 Å². The second kappa shape index (κ2) is 3.89. The normalized spacial score (nSPS) is 12.2. The van der Waals surface area contributed by atoms with Gasteiger partial charge in [-0.1, -0.05) is 0 Å². The van der Waals surface area contributed by atoms with Gasteiger partial charge in [0.15, 0.2) is 11.2 Å². The lowest BCUT2D eigenvalue weighted by molar-refractivity contribution is -0.137. The maximum atomic E-state index is 12.6. The molecular weight excluding hydrogens is 277 g/mol. The van der Waals surface area contributed by atoms with Gasteiger partial charge in [-0.2, -0.15) is 13.2 Å². The summed E-state index contributed by atoms with van der Waals surface area (Å²) in [6, 6.07) is 2.78. The molecule has 3 aromatic rings. The molecule has 2 heterocycles. The molecule has 2 N–H and O–H groups in total. The number of aromatic nitrogens is 4. The molecule has 20 heavy (non-hydrogen) atoms. The fourth-order valence-corrected chi connectivity index (χ4v) is 1.78. The molecule has 2 aromatic heterocycles. The molecule has 6 nitrogen and oxygen atoms in total. The van der Waals surface area contributed by atoms with Crippen LogP contribution in [0.2, 0.25) is 0 Å². The van der Waals surface area contributed by atoms with Gasteiger partial charge in [-0.05, 0) is 18.2 Å². The number of aromatic amines is 2. The summed E-state index contributed by atoms with van der Waals surface area (Å²) in [5.41, 5.74) is -2.70. The zero-order chi connectivity index (χ0) is 14.5. The first-order valence-electron chi connectivity index (χ1n) is 5.36. The maximum Gasteiger partial charge on any atom is 0.416 e. The Balaban J connectivity index is 2.40. The van der Waals surface area contributed by atoms with Crippen LogP contribution in [0, 0.1) is 0 Å². The molecule has 0 aliphatic rings. The summed E-state index contributed by atoms with van der Waals surface area (Å²) in [7, 11) is 0. The smallest absolute Gasteiger partial charge is 0.290 e. The number of hydrogen-bond donors (Lipinski definition) is 2. The number of halogens is 3. The van der Waals surface area contributed by atoms with Gasteiger partial charge in [-0.3, -0.25) is 14.8 Å². The zero-order valence-corrected chi connectivity index (χ0v) is 9.58. The molecule has 0 atom stereocenters. The van der Waals surface area contributed by atoms with Crippen LogP contribution in [-0.4, -0.2) is 19.9 Å². The van der Waals surface area contributed by atoms with E-state index in [-0.39, 0.29) is 22.2 Å². The third-order valence-electron chi connectivity index (χ3n) is 2.67. The molecule has 0 bridgehead atoms. The number of rotatable bonds is 0. The maximum absolute atomic E-state index is 12.6. The predicted molar refractivity (Wildman–Crippen MR) is 63.3 cm³/mol. The van der Waals surface area contributed by atoms with Crippen molar-refractivity contribution in [3.63, 3.8) is 0 Å². The summed E-state index contributed by atoms with van der Waals surface area (Å²) in [5.74, 6) is 0. The minimum absolute atomic E-state index is 0.0778. The number of benzene rings is 1. The number of hydrogen-bond acceptors (Lipinski definition) is 4. The summed E-state index contributed by atoms with van der Waals surface area (Å²) in [6.45, 7) is 0. The van der Waals surface area contributed by atoms with E-state index in [1.54, 1.807) is 0 Å². The number of nitrogens with one attached hydrogen (secondary N) is 2. The number of H-pyrrole nitrogens is 2. The van der Waals surface area contributed by atoms with E-state index < -0.39 is 23.0 Å². The van der Waals surface area contributed by atoms with E-state index in [1.165, 1.54) is 0 Å². The van der Waals surface area contributed by atoms with E-state index in [9.17, 15) is 22.8 Å². The van der Waals surface area contributed by atoms with Crippen LogP contribution < -0.4 is 11.2 Å². The second-order valence-corrected chi connectivity index (χ2v) is 4.03. The van der Waals surface area contributed by atoms with Gasteiger partial charge in [-0.15, -0.1) is 0 Å². The van der Waals surface area contributed by atoms with Crippen molar-refractivity contribution < 1.29 is 13.2 Å². The van der Waals surface area contributed by atoms with Gasteiger partial charge < -0.3 is 0 Å². The molecule has 0 saturated heterocycles. The molecule has 3 rings (SSSR count). The minimum Gasteiger partial charge on any atom is -0.290 e. The average Bonchev–Trinajstić information content (AvgIpc) is 2.35. The monoisotopic (exact) mass is 282 g/mol. The van der Waals surface area contributed by atoms with Gasteiger partial charge in [-0.25, -0.2) is 14.8 Å². The number of nitrogens with zero attached hydrogens (tertiary/aromatic N) is 2. The van der Waals surface area contributed by atoms with E-state index in [0.717, 1.165) is 18.2 Å². The van der Waals surface area contributed by atoms with Crippen molar-refractivity contribution in [2.45, 2.75) is 6.18 Å². The molecule has 1 aromatic carbocycles. The Bertz CT molecular complexity index is 942. The zero-order valence-electron chi connectivity index (χ0n) is 9.58. The summed E-state index contributed by atoms with van der Waals surface area (Å²) in [6.07, 6.45) is -4.51. The van der Waals surface area contributed by atoms with Crippen molar-refractivity contribution in [3.05, 3.63) is 44.6 Å². The van der Waals surface area contributed by atoms with Crippen molar-refractivity contribution >= 4 is 22.2 Å². The van der Waals surface area contributed by atoms with Crippen LogP contribution in [0.1, 0.15) is 5.56 Å². The average molecular weight is 282 g/mol. The van der Waals surface area contributed by atoms with Gasteiger partial charge >= 0.3 is 11.9 Å². The first kappa shape index (κ1) is 12.3. The van der Waals surface area contributed by atoms with Gasteiger partial charge in [0.25, 0.3) is 5.56 Å². The molecule has 0 radical (unpaired) electrons. The van der Waals surface area contributed by atoms with Crippen LogP contribution in [-0.2, 0) is 6.18 Å². The van der Waals surface area contributed by atoms with Crippen molar-refractivity contribution in [1.29, 1.82) is 0 Å². The molecule has 102 valence electrons. The molecule has 0 aliphatic carbocycles. The predicted octanol–water partition coefficient (Wildman–Crippen LogP) is 1.18. The van der Waals surface area contributed by atoms with Gasteiger partial charge in [0.05, 0.1) is 16.6 Å². The Kier molecular flexibility index (Phi) is 2.40. The lowest BCUT2D eigenvalue weighted by Crippen LogP contribution is -2.23. The number of fused-ring (bicyclic) bond motifs is 2. The minimum atomic E-state index is -4.51. The van der Waals surface area contributed by atoms with Gasteiger partial charge in [0, 0.05) is 0 Å². The van der Waals surface area contributed by atoms with E-state index in [4.69, 9.17) is 0 Å². The van der Waals surface area contributed by atoms with Crippen molar-refractivity contribution in [2.24, 2.45) is 0 Å². The van der Waals surface area contributed by atoms with E-state index in [0.29, 0.717) is 0 Å². The fraction of sp³-hybridized carbons (Fsp3) is 0.0909. The third kappa shape index (κ3) is 1.92. The highest BCUT2D eigenvalue weighted by Gasteiger charge is 2.30. The standard InChI is InChI=1S/C11H5F3N4O2/c12-11(13,14)4-1-2-5-6(3-4)15-7-8(16-5)17-10(20)18-9(7)19/h1-3H,(H2,16,17,18,19,20). The highest BCUT2D eigenvalue weighted by Crippen LogP contribution is 2.30. The van der Waals surface area contributed by atoms with E-state index in [1.807, 2.05) is 4.98 Å². The quantitative estimate of drug-likeness (QED) is 0.606. The van der Waals surface area contributed by atoms with Crippen LogP contribution in [0.4, 0.5) is 13.2 Å². The topological polar surface area (TPSA) is 91.5 Å². The van der Waals surface area contributed by atoms with Crippen LogP contribution >= 0.6 is 0 Å². The Morgan fingerprint density at radius 1 is 1.00 bits per heavy atom. The van der Waals surface area contributed by atoms with Crippen LogP contribution in [0.5, 0.6) is 0 Å². The van der Waals surface area contributed by atoms with E-state index in [2.05, 4.69) is 15.0 Å². The Hall–Kier alpha value is -2.71. The highest BCUT2D eigenvalue weighted by atomic mass is 19.4. The Labute approximate surface area is 107 Å². The SMILES string of the molecule is O=c1[nH]c(=O)c2nc3cc(C(F)(F)F)ccc3nc2[nH]1. The van der Waals surface area contributed by atoms with Crippen LogP contribution in [0.25, 0.3) is 22.2 Å². The van der Waals surface area contributed by atoms with Crippen molar-refractivity contribution in [2.75, 3.05) is 0 Å². The first-order chi connectivity index (χ1) is 9.34. The molecule has 9 heteroatoms. The molecule has 0 saturated carbocycles. The third-order valence-corrected chi connectivity index (χ3v) is 2.67. The first-order valence-corrected chi connectivity index (χ1v) is 5.36. The van der Waals surface area contributed by atoms with Gasteiger partial charge in [0.2, 0.25) is 0 Å². The summed E-state index contributed by atoms with van der Waals surface area (Å²) >= 11 is 0. The molecule has 0 aliphatic heterocycles. The molecule has 0 amide bonds. The summed E-state index contributed by atoms with van der Waals surface area (Å²) in [5, 5.41) is 0. The lowest BCUT2D eigenvalue weighted by Gasteiger charge is -2.07. The van der Waals surface area contributed by atoms with E-state index >= 15 is 0 Å². The molecule has 0 fully saturated rings. The Morgan fingerprint density at radius 2 is 1.75 bits per heavy atom. The van der Waals surface area contributed by atoms with Gasteiger partial charge in [0.1, 0.15) is 0 Å². The molecule has 0 unspecified atom stereocenters. The second-order valence-electron chi connectivity index (χ2n) is 4.03. The summed E-state index contributed by atoms with van der Waals surface area (Å²) in [4.78, 5) is 34.5. The van der Waals surface area contributed by atoms with Crippen LogP contribution in [0.3, 0.4) is 0 Å². The Morgan fingerprint density at radius 3 is 2.45 bits per heavy atom. The number of alkyl halides is 3. The van der Waals surface area contributed by atoms with Crippen LogP contribution in [0.15, 0.2) is 27.8 Å². The largest absolute Gasteiger partial charge is 0.416 e. The molecule has 0 spiro atoms. The fourth-order valence-electron chi connectivity index (χ4n) is 1.78.